The van der Waals surface area contributed by atoms with Crippen LogP contribution in [0.1, 0.15) is 22.7 Å². The van der Waals surface area contributed by atoms with Gasteiger partial charge in [-0.25, -0.2) is 0 Å². The van der Waals surface area contributed by atoms with Crippen molar-refractivity contribution in [1.29, 1.82) is 0 Å². The molecule has 0 radical (unpaired) electrons. The smallest absolute Gasteiger partial charge is 0.267 e. The van der Waals surface area contributed by atoms with Gasteiger partial charge in [0.25, 0.3) is 5.91 Å². The summed E-state index contributed by atoms with van der Waals surface area (Å²) in [7, 11) is 0. The van der Waals surface area contributed by atoms with Crippen molar-refractivity contribution in [3.63, 3.8) is 0 Å². The van der Waals surface area contributed by atoms with Gasteiger partial charge in [0, 0.05) is 19.3 Å². The lowest BCUT2D eigenvalue weighted by molar-refractivity contribution is 0.0913. The Morgan fingerprint density at radius 1 is 1.39 bits per heavy atom. The summed E-state index contributed by atoms with van der Waals surface area (Å²) in [6.07, 6.45) is 4.11. The van der Waals surface area contributed by atoms with E-state index < -0.39 is 0 Å². The van der Waals surface area contributed by atoms with Crippen molar-refractivity contribution < 1.29 is 13.9 Å². The largest absolute Gasteiger partial charge is 0.467 e. The highest BCUT2D eigenvalue weighted by molar-refractivity contribution is 5.92. The van der Waals surface area contributed by atoms with Crippen molar-refractivity contribution >= 4 is 5.91 Å². The quantitative estimate of drug-likeness (QED) is 0.736. The molecule has 2 heterocycles. The number of ether oxygens (including phenoxy) is 1. The highest BCUT2D eigenvalue weighted by atomic mass is 16.5. The molecular weight excluding hydrogens is 232 g/mol. The number of hydrogen-bond donors (Lipinski definition) is 2. The molecule has 2 N–H and O–H groups in total. The maximum absolute atomic E-state index is 11.5. The number of carbonyl (C=O) groups excluding carboxylic acids is 1. The van der Waals surface area contributed by atoms with Crippen LogP contribution >= 0.6 is 0 Å². The molecule has 18 heavy (non-hydrogen) atoms. The third-order valence-corrected chi connectivity index (χ3v) is 2.42. The van der Waals surface area contributed by atoms with Crippen molar-refractivity contribution in [2.24, 2.45) is 0 Å². The van der Waals surface area contributed by atoms with Crippen LogP contribution in [0.4, 0.5) is 0 Å². The van der Waals surface area contributed by atoms with Gasteiger partial charge in [-0.3, -0.25) is 4.79 Å². The van der Waals surface area contributed by atoms with Gasteiger partial charge < -0.3 is 19.5 Å². The van der Waals surface area contributed by atoms with Gasteiger partial charge in [-0.2, -0.15) is 0 Å². The molecule has 96 valence electrons. The Bertz CT molecular complexity index is 449. The van der Waals surface area contributed by atoms with E-state index in [1.54, 1.807) is 24.6 Å². The minimum absolute atomic E-state index is 0.0916. The number of carbonyl (C=O) groups is 1. The van der Waals surface area contributed by atoms with Gasteiger partial charge >= 0.3 is 0 Å². The molecule has 1 amide bonds. The second kappa shape index (κ2) is 6.66. The maximum Gasteiger partial charge on any atom is 0.267 e. The first-order valence-electron chi connectivity index (χ1n) is 5.88. The van der Waals surface area contributed by atoms with Crippen LogP contribution in [0.2, 0.25) is 0 Å². The standard InChI is InChI=1S/C13H16N2O3/c16-13(12-5-1-6-14-12)15-7-3-8-17-10-11-4-2-9-18-11/h1-2,4-6,9,14H,3,7-8,10H2,(H,15,16). The van der Waals surface area contributed by atoms with Gasteiger partial charge in [0.05, 0.1) is 6.26 Å². The number of aromatic amines is 1. The van der Waals surface area contributed by atoms with E-state index >= 15 is 0 Å². The molecule has 0 aliphatic rings. The lowest BCUT2D eigenvalue weighted by Gasteiger charge is -2.04. The molecule has 5 nitrogen and oxygen atoms in total. The fourth-order valence-electron chi connectivity index (χ4n) is 1.51. The van der Waals surface area contributed by atoms with E-state index in [0.29, 0.717) is 25.5 Å². The molecule has 0 bridgehead atoms. The Kier molecular flexibility index (Phi) is 4.60. The van der Waals surface area contributed by atoms with Gasteiger partial charge in [-0.1, -0.05) is 0 Å². The van der Waals surface area contributed by atoms with E-state index in [1.165, 1.54) is 0 Å². The highest BCUT2D eigenvalue weighted by Gasteiger charge is 2.03. The Labute approximate surface area is 105 Å². The topological polar surface area (TPSA) is 67.3 Å². The van der Waals surface area contributed by atoms with Crippen molar-refractivity contribution in [2.45, 2.75) is 13.0 Å². The number of aromatic nitrogens is 1. The zero-order valence-electron chi connectivity index (χ0n) is 10.0. The summed E-state index contributed by atoms with van der Waals surface area (Å²) in [6.45, 7) is 1.65. The molecule has 0 saturated heterocycles. The molecule has 0 aromatic carbocycles. The first kappa shape index (κ1) is 12.4. The molecule has 2 aromatic heterocycles. The molecule has 0 spiro atoms. The molecule has 5 heteroatoms. The molecule has 2 rings (SSSR count). The van der Waals surface area contributed by atoms with Crippen LogP contribution < -0.4 is 5.32 Å². The van der Waals surface area contributed by atoms with Crippen molar-refractivity contribution in [1.82, 2.24) is 10.3 Å². The fraction of sp³-hybridized carbons (Fsp3) is 0.308. The monoisotopic (exact) mass is 248 g/mol. The van der Waals surface area contributed by atoms with E-state index in [-0.39, 0.29) is 5.91 Å². The Balaban J connectivity index is 1.52. The highest BCUT2D eigenvalue weighted by Crippen LogP contribution is 2.01. The van der Waals surface area contributed by atoms with E-state index in [2.05, 4.69) is 10.3 Å². The summed E-state index contributed by atoms with van der Waals surface area (Å²) in [6, 6.07) is 7.23. The predicted molar refractivity (Wildman–Crippen MR) is 66.1 cm³/mol. The molecule has 2 aromatic rings. The van der Waals surface area contributed by atoms with Crippen LogP contribution in [0.15, 0.2) is 41.1 Å². The summed E-state index contributed by atoms with van der Waals surface area (Å²) in [5.41, 5.74) is 0.575. The Morgan fingerprint density at radius 2 is 2.33 bits per heavy atom. The van der Waals surface area contributed by atoms with Crippen molar-refractivity contribution in [2.75, 3.05) is 13.2 Å². The lowest BCUT2D eigenvalue weighted by atomic mass is 10.4. The van der Waals surface area contributed by atoms with Crippen LogP contribution in [-0.2, 0) is 11.3 Å². The van der Waals surface area contributed by atoms with Gasteiger partial charge in [-0.15, -0.1) is 0 Å². The van der Waals surface area contributed by atoms with Gasteiger partial charge in [-0.05, 0) is 30.7 Å². The summed E-state index contributed by atoms with van der Waals surface area (Å²) >= 11 is 0. The van der Waals surface area contributed by atoms with E-state index in [4.69, 9.17) is 9.15 Å². The van der Waals surface area contributed by atoms with E-state index in [1.807, 2.05) is 12.1 Å². The number of furan rings is 1. The number of rotatable bonds is 7. The molecule has 0 fully saturated rings. The molecular formula is C13H16N2O3. The van der Waals surface area contributed by atoms with Crippen LogP contribution in [0.5, 0.6) is 0 Å². The second-order valence-electron chi connectivity index (χ2n) is 3.83. The fourth-order valence-corrected chi connectivity index (χ4v) is 1.51. The van der Waals surface area contributed by atoms with Gasteiger partial charge in [0.1, 0.15) is 18.1 Å². The molecule has 0 aliphatic heterocycles. The van der Waals surface area contributed by atoms with E-state index in [0.717, 1.165) is 12.2 Å². The zero-order valence-corrected chi connectivity index (χ0v) is 10.0. The third kappa shape index (κ3) is 3.78. The average Bonchev–Trinajstić information content (AvgIpc) is 3.05. The first-order chi connectivity index (χ1) is 8.86. The Morgan fingerprint density at radius 3 is 3.06 bits per heavy atom. The summed E-state index contributed by atoms with van der Waals surface area (Å²) in [4.78, 5) is 14.4. The van der Waals surface area contributed by atoms with E-state index in [9.17, 15) is 4.79 Å². The number of amides is 1. The van der Waals surface area contributed by atoms with Crippen LogP contribution in [0.3, 0.4) is 0 Å². The summed E-state index contributed by atoms with van der Waals surface area (Å²) in [5.74, 6) is 0.719. The van der Waals surface area contributed by atoms with Gasteiger partial charge in [0.15, 0.2) is 0 Å². The SMILES string of the molecule is O=C(NCCCOCc1ccco1)c1ccc[nH]1. The predicted octanol–water partition coefficient (Wildman–Crippen LogP) is 1.94. The normalized spacial score (nSPS) is 10.4. The maximum atomic E-state index is 11.5. The average molecular weight is 248 g/mol. The molecule has 0 aliphatic carbocycles. The zero-order chi connectivity index (χ0) is 12.6. The molecule has 0 atom stereocenters. The van der Waals surface area contributed by atoms with Crippen LogP contribution in [0.25, 0.3) is 0 Å². The summed E-state index contributed by atoms with van der Waals surface area (Å²) < 4.78 is 10.5. The van der Waals surface area contributed by atoms with Crippen molar-refractivity contribution in [3.8, 4) is 0 Å². The number of H-pyrrole nitrogens is 1. The second-order valence-corrected chi connectivity index (χ2v) is 3.83. The van der Waals surface area contributed by atoms with Crippen molar-refractivity contribution in [3.05, 3.63) is 48.2 Å². The third-order valence-electron chi connectivity index (χ3n) is 2.42. The summed E-state index contributed by atoms with van der Waals surface area (Å²) in [5, 5.41) is 2.81. The van der Waals surface area contributed by atoms with Crippen LogP contribution in [0, 0.1) is 0 Å². The first-order valence-corrected chi connectivity index (χ1v) is 5.88. The van der Waals surface area contributed by atoms with Crippen LogP contribution in [-0.4, -0.2) is 24.0 Å². The Hall–Kier alpha value is -2.01. The molecule has 0 saturated carbocycles. The lowest BCUT2D eigenvalue weighted by Crippen LogP contribution is -2.25. The van der Waals surface area contributed by atoms with Gasteiger partial charge in [0.2, 0.25) is 0 Å². The minimum atomic E-state index is -0.0916. The molecule has 0 unspecified atom stereocenters. The number of nitrogens with one attached hydrogen (secondary N) is 2. The number of hydrogen-bond acceptors (Lipinski definition) is 3. The minimum Gasteiger partial charge on any atom is -0.467 e.